The zero-order valence-corrected chi connectivity index (χ0v) is 9.52. The first kappa shape index (κ1) is 10.5. The molecule has 4 heteroatoms. The quantitative estimate of drug-likeness (QED) is 0.694. The third-order valence-corrected chi connectivity index (χ3v) is 2.47. The fourth-order valence-corrected chi connectivity index (χ4v) is 3.05. The molecule has 56 valence electrons. The van der Waals surface area contributed by atoms with Crippen molar-refractivity contribution < 1.29 is 0 Å². The van der Waals surface area contributed by atoms with Crippen molar-refractivity contribution in [2.75, 3.05) is 10.7 Å². The van der Waals surface area contributed by atoms with Crippen LogP contribution < -0.4 is 0 Å². The first-order valence-corrected chi connectivity index (χ1v) is 5.62. The van der Waals surface area contributed by atoms with Crippen LogP contribution in [0.1, 0.15) is 12.8 Å². The molecule has 0 bridgehead atoms. The minimum atomic E-state index is -0.549. The van der Waals surface area contributed by atoms with Gasteiger partial charge in [0, 0.05) is 10.7 Å². The second kappa shape index (κ2) is 5.22. The number of hydrogen-bond donors (Lipinski definition) is 0. The van der Waals surface area contributed by atoms with E-state index in [0.717, 1.165) is 23.5 Å². The van der Waals surface area contributed by atoms with E-state index < -0.39 is 4.33 Å². The fourth-order valence-electron chi connectivity index (χ4n) is 0.401. The average molecular weight is 299 g/mol. The van der Waals surface area contributed by atoms with Crippen molar-refractivity contribution in [3.05, 3.63) is 0 Å². The van der Waals surface area contributed by atoms with Crippen LogP contribution in [-0.2, 0) is 0 Å². The predicted molar refractivity (Wildman–Crippen MR) is 51.3 cm³/mol. The standard InChI is InChI=1S/C5H8Br2Cl2/c6-3-1-5(8,9)2-4-7/h1-4H2. The molecule has 0 amide bonds. The van der Waals surface area contributed by atoms with Crippen molar-refractivity contribution in [2.24, 2.45) is 0 Å². The van der Waals surface area contributed by atoms with Gasteiger partial charge in [0.05, 0.1) is 0 Å². The van der Waals surface area contributed by atoms with Crippen molar-refractivity contribution in [1.82, 2.24) is 0 Å². The summed E-state index contributed by atoms with van der Waals surface area (Å²) in [6.07, 6.45) is 1.59. The van der Waals surface area contributed by atoms with Gasteiger partial charge in [-0.15, -0.1) is 23.2 Å². The molecule has 0 nitrogen and oxygen atoms in total. The van der Waals surface area contributed by atoms with Gasteiger partial charge in [-0.1, -0.05) is 31.9 Å². The summed E-state index contributed by atoms with van der Waals surface area (Å²) in [5.74, 6) is 0. The van der Waals surface area contributed by atoms with Crippen molar-refractivity contribution in [3.8, 4) is 0 Å². The van der Waals surface area contributed by atoms with E-state index in [0.29, 0.717) is 0 Å². The van der Waals surface area contributed by atoms with Gasteiger partial charge in [0.25, 0.3) is 0 Å². The molecule has 0 atom stereocenters. The molecular weight excluding hydrogens is 291 g/mol. The largest absolute Gasteiger partial charge is 0.119 e. The normalized spacial score (nSPS) is 12.0. The van der Waals surface area contributed by atoms with E-state index in [9.17, 15) is 0 Å². The van der Waals surface area contributed by atoms with Crippen LogP contribution in [0.25, 0.3) is 0 Å². The maximum atomic E-state index is 5.84. The molecule has 0 saturated carbocycles. The Labute approximate surface area is 82.5 Å². The molecule has 0 radical (unpaired) electrons. The van der Waals surface area contributed by atoms with E-state index in [1.165, 1.54) is 0 Å². The van der Waals surface area contributed by atoms with Crippen LogP contribution in [0.3, 0.4) is 0 Å². The van der Waals surface area contributed by atoms with Crippen molar-refractivity contribution >= 4 is 55.1 Å². The van der Waals surface area contributed by atoms with Crippen LogP contribution >= 0.6 is 55.1 Å². The summed E-state index contributed by atoms with van der Waals surface area (Å²) in [4.78, 5) is 0. The van der Waals surface area contributed by atoms with Gasteiger partial charge < -0.3 is 0 Å². The van der Waals surface area contributed by atoms with Crippen LogP contribution in [0.4, 0.5) is 0 Å². The SMILES string of the molecule is ClC(Cl)(CCBr)CCBr. The van der Waals surface area contributed by atoms with Crippen LogP contribution in [0.15, 0.2) is 0 Å². The van der Waals surface area contributed by atoms with Gasteiger partial charge in [0.15, 0.2) is 0 Å². The number of hydrogen-bond acceptors (Lipinski definition) is 0. The number of halogens is 4. The first-order chi connectivity index (χ1) is 4.12. The van der Waals surface area contributed by atoms with E-state index in [4.69, 9.17) is 23.2 Å². The van der Waals surface area contributed by atoms with Crippen LogP contribution in [0.5, 0.6) is 0 Å². The molecular formula is C5H8Br2Cl2. The van der Waals surface area contributed by atoms with E-state index >= 15 is 0 Å². The van der Waals surface area contributed by atoms with Crippen molar-refractivity contribution in [3.63, 3.8) is 0 Å². The van der Waals surface area contributed by atoms with E-state index in [1.807, 2.05) is 0 Å². The van der Waals surface area contributed by atoms with Crippen LogP contribution in [-0.4, -0.2) is 15.0 Å². The summed E-state index contributed by atoms with van der Waals surface area (Å²) in [6.45, 7) is 0. The maximum Gasteiger partial charge on any atom is 0.119 e. The molecule has 0 rings (SSSR count). The highest BCUT2D eigenvalue weighted by atomic mass is 79.9. The Kier molecular flexibility index (Phi) is 6.12. The van der Waals surface area contributed by atoms with Crippen LogP contribution in [0.2, 0.25) is 0 Å². The first-order valence-electron chi connectivity index (χ1n) is 2.62. The molecule has 0 heterocycles. The van der Waals surface area contributed by atoms with Gasteiger partial charge in [-0.3, -0.25) is 0 Å². The lowest BCUT2D eigenvalue weighted by Crippen LogP contribution is -2.13. The highest BCUT2D eigenvalue weighted by Crippen LogP contribution is 2.30. The molecule has 0 saturated heterocycles. The fraction of sp³-hybridized carbons (Fsp3) is 1.00. The monoisotopic (exact) mass is 296 g/mol. The molecule has 0 aliphatic rings. The highest BCUT2D eigenvalue weighted by molar-refractivity contribution is 9.09. The lowest BCUT2D eigenvalue weighted by molar-refractivity contribution is 0.733. The summed E-state index contributed by atoms with van der Waals surface area (Å²) in [7, 11) is 0. The third kappa shape index (κ3) is 5.96. The zero-order valence-electron chi connectivity index (χ0n) is 4.84. The molecule has 0 aliphatic carbocycles. The van der Waals surface area contributed by atoms with Gasteiger partial charge >= 0.3 is 0 Å². The molecule has 0 N–H and O–H groups in total. The molecule has 0 aromatic rings. The summed E-state index contributed by atoms with van der Waals surface area (Å²) >= 11 is 18.2. The van der Waals surface area contributed by atoms with Gasteiger partial charge in [0.2, 0.25) is 0 Å². The number of alkyl halides is 4. The van der Waals surface area contributed by atoms with Gasteiger partial charge in [-0.25, -0.2) is 0 Å². The third-order valence-electron chi connectivity index (χ3n) is 0.921. The molecule has 0 aromatic heterocycles. The Morgan fingerprint density at radius 2 is 1.33 bits per heavy atom. The van der Waals surface area contributed by atoms with E-state index in [1.54, 1.807) is 0 Å². The lowest BCUT2D eigenvalue weighted by atomic mass is 10.3. The Balaban J connectivity index is 3.43. The van der Waals surface area contributed by atoms with Crippen LogP contribution in [0, 0.1) is 0 Å². The number of rotatable bonds is 4. The summed E-state index contributed by atoms with van der Waals surface area (Å²) in [5, 5.41) is 1.71. The Bertz CT molecular complexity index is 67.4. The lowest BCUT2D eigenvalue weighted by Gasteiger charge is -2.15. The Hall–Kier alpha value is 1.54. The zero-order chi connectivity index (χ0) is 7.33. The molecule has 9 heavy (non-hydrogen) atoms. The second-order valence-electron chi connectivity index (χ2n) is 1.73. The smallest absolute Gasteiger partial charge is 0.102 e. The van der Waals surface area contributed by atoms with E-state index in [-0.39, 0.29) is 0 Å². The average Bonchev–Trinajstić information content (AvgIpc) is 1.64. The van der Waals surface area contributed by atoms with E-state index in [2.05, 4.69) is 31.9 Å². The van der Waals surface area contributed by atoms with Crippen molar-refractivity contribution in [2.45, 2.75) is 17.2 Å². The molecule has 0 fully saturated rings. The topological polar surface area (TPSA) is 0 Å². The summed E-state index contributed by atoms with van der Waals surface area (Å²) in [5.41, 5.74) is 0. The summed E-state index contributed by atoms with van der Waals surface area (Å²) < 4.78 is -0.549. The maximum absolute atomic E-state index is 5.84. The predicted octanol–water partition coefficient (Wildman–Crippen LogP) is 3.73. The minimum Gasteiger partial charge on any atom is -0.102 e. The van der Waals surface area contributed by atoms with Gasteiger partial charge in [-0.2, -0.15) is 0 Å². The second-order valence-corrected chi connectivity index (χ2v) is 4.96. The molecule has 0 unspecified atom stereocenters. The molecule has 0 aromatic carbocycles. The Morgan fingerprint density at radius 3 is 1.56 bits per heavy atom. The highest BCUT2D eigenvalue weighted by Gasteiger charge is 2.21. The molecule has 0 aliphatic heterocycles. The van der Waals surface area contributed by atoms with Gasteiger partial charge in [0.1, 0.15) is 4.33 Å². The van der Waals surface area contributed by atoms with Gasteiger partial charge in [-0.05, 0) is 12.8 Å². The minimum absolute atomic E-state index is 0.549. The van der Waals surface area contributed by atoms with Crippen molar-refractivity contribution in [1.29, 1.82) is 0 Å². The Morgan fingerprint density at radius 1 is 1.00 bits per heavy atom. The summed E-state index contributed by atoms with van der Waals surface area (Å²) in [6, 6.07) is 0. The molecule has 0 spiro atoms.